The molecule has 0 aliphatic rings. The van der Waals surface area contributed by atoms with E-state index in [2.05, 4.69) is 10.1 Å². The van der Waals surface area contributed by atoms with Gasteiger partial charge in [-0.25, -0.2) is 8.78 Å². The van der Waals surface area contributed by atoms with Gasteiger partial charge in [0.1, 0.15) is 5.82 Å². The second kappa shape index (κ2) is 5.82. The maximum Gasteiger partial charge on any atom is 0.310 e. The normalized spacial score (nSPS) is 12.1. The topological polar surface area (TPSA) is 38.3 Å². The van der Waals surface area contributed by atoms with Crippen LogP contribution in [0.4, 0.5) is 14.5 Å². The predicted octanol–water partition coefficient (Wildman–Crippen LogP) is 2.84. The summed E-state index contributed by atoms with van der Waals surface area (Å²) >= 11 is 5.67. The summed E-state index contributed by atoms with van der Waals surface area (Å²) in [6.07, 6.45) is 0. The molecule has 0 radical (unpaired) electrons. The van der Waals surface area contributed by atoms with Gasteiger partial charge in [0.05, 0.1) is 23.7 Å². The lowest BCUT2D eigenvalue weighted by atomic mass is 10.2. The van der Waals surface area contributed by atoms with Crippen molar-refractivity contribution in [3.63, 3.8) is 0 Å². The Morgan fingerprint density at radius 1 is 1.53 bits per heavy atom. The Balaban J connectivity index is 2.73. The van der Waals surface area contributed by atoms with Crippen molar-refractivity contribution in [3.05, 3.63) is 28.8 Å². The van der Waals surface area contributed by atoms with Crippen molar-refractivity contribution in [3.8, 4) is 0 Å². The molecule has 0 spiro atoms. The third-order valence-corrected chi connectivity index (χ3v) is 2.49. The number of anilines is 1. The van der Waals surface area contributed by atoms with E-state index in [0.29, 0.717) is 0 Å². The van der Waals surface area contributed by atoms with Crippen molar-refractivity contribution >= 4 is 23.3 Å². The number of rotatable bonds is 4. The molecule has 3 nitrogen and oxygen atoms in total. The van der Waals surface area contributed by atoms with E-state index in [1.54, 1.807) is 6.92 Å². The van der Waals surface area contributed by atoms with E-state index >= 15 is 0 Å². The van der Waals surface area contributed by atoms with Gasteiger partial charge in [0, 0.05) is 12.6 Å². The van der Waals surface area contributed by atoms with Gasteiger partial charge in [-0.15, -0.1) is 0 Å². The Hall–Kier alpha value is -1.36. The third-order valence-electron chi connectivity index (χ3n) is 2.20. The molecule has 6 heteroatoms. The molecule has 0 amide bonds. The first-order valence-corrected chi connectivity index (χ1v) is 5.29. The quantitative estimate of drug-likeness (QED) is 0.849. The molecule has 1 atom stereocenters. The second-order valence-electron chi connectivity index (χ2n) is 3.55. The van der Waals surface area contributed by atoms with Crippen LogP contribution in [0.15, 0.2) is 12.1 Å². The summed E-state index contributed by atoms with van der Waals surface area (Å²) in [7, 11) is 1.27. The van der Waals surface area contributed by atoms with Gasteiger partial charge in [0.2, 0.25) is 0 Å². The molecule has 0 aliphatic carbocycles. The summed E-state index contributed by atoms with van der Waals surface area (Å²) in [5.74, 6) is -2.43. The monoisotopic (exact) mass is 263 g/mol. The Morgan fingerprint density at radius 2 is 2.18 bits per heavy atom. The first-order valence-electron chi connectivity index (χ1n) is 4.92. The molecule has 0 aromatic heterocycles. The van der Waals surface area contributed by atoms with Crippen molar-refractivity contribution in [1.29, 1.82) is 0 Å². The highest BCUT2D eigenvalue weighted by Gasteiger charge is 2.15. The minimum Gasteiger partial charge on any atom is -0.469 e. The van der Waals surface area contributed by atoms with Gasteiger partial charge in [0.25, 0.3) is 0 Å². The minimum atomic E-state index is -0.799. The predicted molar refractivity (Wildman–Crippen MR) is 61.0 cm³/mol. The van der Waals surface area contributed by atoms with Crippen LogP contribution in [0.1, 0.15) is 6.92 Å². The first-order chi connectivity index (χ1) is 7.95. The molecule has 94 valence electrons. The van der Waals surface area contributed by atoms with Gasteiger partial charge in [0.15, 0.2) is 5.82 Å². The molecule has 0 saturated carbocycles. The van der Waals surface area contributed by atoms with Crippen LogP contribution in [0, 0.1) is 17.6 Å². The van der Waals surface area contributed by atoms with E-state index in [9.17, 15) is 13.6 Å². The van der Waals surface area contributed by atoms with Gasteiger partial charge < -0.3 is 10.1 Å². The Kier molecular flexibility index (Phi) is 4.69. The van der Waals surface area contributed by atoms with Crippen LogP contribution in [0.5, 0.6) is 0 Å². The zero-order valence-electron chi connectivity index (χ0n) is 9.39. The van der Waals surface area contributed by atoms with Crippen LogP contribution in [0.25, 0.3) is 0 Å². The maximum absolute atomic E-state index is 13.3. The average Bonchev–Trinajstić information content (AvgIpc) is 2.26. The van der Waals surface area contributed by atoms with Crippen LogP contribution in [0.2, 0.25) is 5.02 Å². The molecule has 0 saturated heterocycles. The number of hydrogen-bond acceptors (Lipinski definition) is 3. The van der Waals surface area contributed by atoms with Gasteiger partial charge in [-0.05, 0) is 6.07 Å². The molecule has 0 fully saturated rings. The zero-order valence-corrected chi connectivity index (χ0v) is 10.1. The van der Waals surface area contributed by atoms with Crippen molar-refractivity contribution in [1.82, 2.24) is 0 Å². The maximum atomic E-state index is 13.3. The third kappa shape index (κ3) is 3.56. The van der Waals surface area contributed by atoms with Crippen LogP contribution in [-0.4, -0.2) is 19.6 Å². The molecular formula is C11H12ClF2NO2. The molecule has 1 aromatic carbocycles. The molecule has 0 heterocycles. The van der Waals surface area contributed by atoms with Crippen LogP contribution < -0.4 is 5.32 Å². The van der Waals surface area contributed by atoms with E-state index in [1.165, 1.54) is 7.11 Å². The molecule has 0 aliphatic heterocycles. The average molecular weight is 264 g/mol. The lowest BCUT2D eigenvalue weighted by molar-refractivity contribution is -0.144. The van der Waals surface area contributed by atoms with Crippen molar-refractivity contribution in [2.75, 3.05) is 19.0 Å². The molecule has 1 unspecified atom stereocenters. The summed E-state index contributed by atoms with van der Waals surface area (Å²) in [6, 6.07) is 1.72. The number of ether oxygens (including phenoxy) is 1. The van der Waals surface area contributed by atoms with Crippen molar-refractivity contribution in [2.45, 2.75) is 6.92 Å². The second-order valence-corrected chi connectivity index (χ2v) is 3.96. The Morgan fingerprint density at radius 3 is 2.71 bits per heavy atom. The summed E-state index contributed by atoms with van der Waals surface area (Å²) < 4.78 is 30.6. The van der Waals surface area contributed by atoms with Crippen LogP contribution in [0.3, 0.4) is 0 Å². The fourth-order valence-corrected chi connectivity index (χ4v) is 1.51. The van der Waals surface area contributed by atoms with Crippen molar-refractivity contribution in [2.24, 2.45) is 5.92 Å². The number of carbonyl (C=O) groups excluding carboxylic acids is 1. The van der Waals surface area contributed by atoms with Gasteiger partial charge in [-0.2, -0.15) is 0 Å². The lowest BCUT2D eigenvalue weighted by Gasteiger charge is -2.13. The lowest BCUT2D eigenvalue weighted by Crippen LogP contribution is -2.22. The van der Waals surface area contributed by atoms with E-state index in [1.807, 2.05) is 0 Å². The molecule has 0 bridgehead atoms. The number of methoxy groups -OCH3 is 1. The highest BCUT2D eigenvalue weighted by Crippen LogP contribution is 2.26. The minimum absolute atomic E-state index is 0.0242. The summed E-state index contributed by atoms with van der Waals surface area (Å²) in [5.41, 5.74) is -0.0242. The number of hydrogen-bond donors (Lipinski definition) is 1. The summed E-state index contributed by atoms with van der Waals surface area (Å²) in [5, 5.41) is 2.58. The number of esters is 1. The Bertz CT molecular complexity index is 403. The molecule has 1 rings (SSSR count). The molecule has 1 aromatic rings. The zero-order chi connectivity index (χ0) is 13.0. The number of halogens is 3. The standard InChI is InChI=1S/C11H12ClF2NO2/c1-6(11(16)17-2)5-15-10-8(12)3-7(13)4-9(10)14/h3-4,6,15H,5H2,1-2H3. The molecule has 17 heavy (non-hydrogen) atoms. The SMILES string of the molecule is COC(=O)C(C)CNc1c(F)cc(F)cc1Cl. The van der Waals surface area contributed by atoms with E-state index in [-0.39, 0.29) is 17.3 Å². The highest BCUT2D eigenvalue weighted by atomic mass is 35.5. The largest absolute Gasteiger partial charge is 0.469 e. The molecular weight excluding hydrogens is 252 g/mol. The Labute approximate surface area is 103 Å². The first kappa shape index (κ1) is 13.7. The summed E-state index contributed by atoms with van der Waals surface area (Å²) in [4.78, 5) is 11.1. The van der Waals surface area contributed by atoms with E-state index in [0.717, 1.165) is 12.1 Å². The number of nitrogens with one attached hydrogen (secondary N) is 1. The van der Waals surface area contributed by atoms with Gasteiger partial charge in [-0.1, -0.05) is 18.5 Å². The van der Waals surface area contributed by atoms with Crippen LogP contribution in [-0.2, 0) is 9.53 Å². The van der Waals surface area contributed by atoms with E-state index < -0.39 is 23.5 Å². The van der Waals surface area contributed by atoms with E-state index in [4.69, 9.17) is 11.6 Å². The number of benzene rings is 1. The fourth-order valence-electron chi connectivity index (χ4n) is 1.25. The molecule has 1 N–H and O–H groups in total. The highest BCUT2D eigenvalue weighted by molar-refractivity contribution is 6.33. The van der Waals surface area contributed by atoms with Crippen molar-refractivity contribution < 1.29 is 18.3 Å². The number of carbonyl (C=O) groups is 1. The van der Waals surface area contributed by atoms with Gasteiger partial charge >= 0.3 is 5.97 Å². The smallest absolute Gasteiger partial charge is 0.310 e. The van der Waals surface area contributed by atoms with Crippen LogP contribution >= 0.6 is 11.6 Å². The fraction of sp³-hybridized carbons (Fsp3) is 0.364. The van der Waals surface area contributed by atoms with Gasteiger partial charge in [-0.3, -0.25) is 4.79 Å². The summed E-state index contributed by atoms with van der Waals surface area (Å²) in [6.45, 7) is 1.77.